The second kappa shape index (κ2) is 12.2. The summed E-state index contributed by atoms with van der Waals surface area (Å²) in [7, 11) is 0. The SMILES string of the molecule is C1CCC(NC2CCCCC2)CC1.Cc1c(CCC(=O)O)cn(-c2cccc(F)c2)c1C1(C(F)(F)F)CC1. The summed E-state index contributed by atoms with van der Waals surface area (Å²) in [4.78, 5) is 10.8. The lowest BCUT2D eigenvalue weighted by Gasteiger charge is -2.30. The molecule has 0 aliphatic heterocycles. The van der Waals surface area contributed by atoms with Crippen LogP contribution in [0, 0.1) is 12.7 Å². The lowest BCUT2D eigenvalue weighted by molar-refractivity contribution is -0.162. The number of benzene rings is 1. The molecule has 3 saturated carbocycles. The largest absolute Gasteiger partial charge is 0.481 e. The summed E-state index contributed by atoms with van der Waals surface area (Å²) in [6.07, 6.45) is 11.6. The standard InChI is InChI=1S/C18H17F4NO2.C12H23N/c1-11-12(5-6-15(24)25)10-23(14-4-2-3-13(19)9-14)16(11)17(7-8-17)18(20,21)22;1-3-7-11(8-4-1)13-12-9-5-2-6-10-12/h2-4,9-10H,5-8H2,1H3,(H,24,25);11-13H,1-10H2. The summed E-state index contributed by atoms with van der Waals surface area (Å²) < 4.78 is 56.0. The van der Waals surface area contributed by atoms with Gasteiger partial charge >= 0.3 is 12.1 Å². The fourth-order valence-electron chi connectivity index (χ4n) is 6.21. The maximum absolute atomic E-state index is 13.7. The highest BCUT2D eigenvalue weighted by Gasteiger charge is 2.66. The lowest BCUT2D eigenvalue weighted by Crippen LogP contribution is -2.40. The van der Waals surface area contributed by atoms with E-state index in [-0.39, 0.29) is 31.4 Å². The van der Waals surface area contributed by atoms with Gasteiger partial charge in [0, 0.05) is 36.1 Å². The first-order valence-corrected chi connectivity index (χ1v) is 14.1. The van der Waals surface area contributed by atoms with Crippen molar-refractivity contribution in [3.05, 3.63) is 53.1 Å². The van der Waals surface area contributed by atoms with Crippen molar-refractivity contribution in [2.45, 2.75) is 120 Å². The van der Waals surface area contributed by atoms with Crippen LogP contribution in [0.3, 0.4) is 0 Å². The topological polar surface area (TPSA) is 54.3 Å². The van der Waals surface area contributed by atoms with Gasteiger partial charge in [-0.3, -0.25) is 4.79 Å². The maximum Gasteiger partial charge on any atom is 0.399 e. The van der Waals surface area contributed by atoms with Gasteiger partial charge in [-0.15, -0.1) is 0 Å². The Labute approximate surface area is 222 Å². The molecule has 2 aromatic rings. The van der Waals surface area contributed by atoms with Crippen molar-refractivity contribution in [1.29, 1.82) is 0 Å². The fraction of sp³-hybridized carbons (Fsp3) is 0.633. The predicted octanol–water partition coefficient (Wildman–Crippen LogP) is 7.78. The molecule has 0 bridgehead atoms. The highest BCUT2D eigenvalue weighted by molar-refractivity contribution is 5.67. The monoisotopic (exact) mass is 536 g/mol. The number of hydrogen-bond donors (Lipinski definition) is 2. The van der Waals surface area contributed by atoms with E-state index in [4.69, 9.17) is 5.11 Å². The number of carbonyl (C=O) groups is 1. The Bertz CT molecular complexity index is 1060. The first-order valence-electron chi connectivity index (χ1n) is 14.1. The third-order valence-corrected chi connectivity index (χ3v) is 8.48. The van der Waals surface area contributed by atoms with Gasteiger partial charge in [0.05, 0.1) is 0 Å². The average molecular weight is 537 g/mol. The fourth-order valence-corrected chi connectivity index (χ4v) is 6.21. The normalized spacial score (nSPS) is 20.0. The molecule has 0 amide bonds. The molecule has 0 spiro atoms. The molecule has 38 heavy (non-hydrogen) atoms. The zero-order chi connectivity index (χ0) is 27.3. The highest BCUT2D eigenvalue weighted by Crippen LogP contribution is 2.60. The molecule has 1 heterocycles. The van der Waals surface area contributed by atoms with Gasteiger partial charge in [0.25, 0.3) is 0 Å². The number of aryl methyl sites for hydroxylation is 1. The van der Waals surface area contributed by atoms with Crippen LogP contribution in [0.4, 0.5) is 17.6 Å². The van der Waals surface area contributed by atoms with Crippen LogP contribution in [0.1, 0.15) is 100 Å². The molecule has 4 nitrogen and oxygen atoms in total. The number of halogens is 4. The Hall–Kier alpha value is -2.35. The van der Waals surface area contributed by atoms with Gasteiger partial charge in [-0.2, -0.15) is 13.2 Å². The minimum atomic E-state index is -4.41. The molecule has 3 aliphatic rings. The van der Waals surface area contributed by atoms with Gasteiger partial charge in [0.15, 0.2) is 0 Å². The van der Waals surface area contributed by atoms with Crippen molar-refractivity contribution in [2.75, 3.05) is 0 Å². The molecular formula is C30H40F4N2O2. The van der Waals surface area contributed by atoms with E-state index >= 15 is 0 Å². The molecule has 3 fully saturated rings. The number of aliphatic carboxylic acids is 1. The van der Waals surface area contributed by atoms with Gasteiger partial charge in [0.1, 0.15) is 11.2 Å². The van der Waals surface area contributed by atoms with E-state index in [2.05, 4.69) is 5.32 Å². The van der Waals surface area contributed by atoms with E-state index in [0.29, 0.717) is 16.8 Å². The summed E-state index contributed by atoms with van der Waals surface area (Å²) in [5.74, 6) is -1.56. The van der Waals surface area contributed by atoms with E-state index in [1.807, 2.05) is 0 Å². The summed E-state index contributed by atoms with van der Waals surface area (Å²) in [6, 6.07) is 7.12. The van der Waals surface area contributed by atoms with Crippen LogP contribution in [0.15, 0.2) is 30.5 Å². The van der Waals surface area contributed by atoms with Crippen LogP contribution in [-0.4, -0.2) is 33.9 Å². The Morgan fingerprint density at radius 1 is 1.03 bits per heavy atom. The van der Waals surface area contributed by atoms with Gasteiger partial charge < -0.3 is 15.0 Å². The average Bonchev–Trinajstić information content (AvgIpc) is 3.63. The summed E-state index contributed by atoms with van der Waals surface area (Å²) >= 11 is 0. The van der Waals surface area contributed by atoms with Gasteiger partial charge in [-0.1, -0.05) is 44.6 Å². The highest BCUT2D eigenvalue weighted by atomic mass is 19.4. The number of aromatic nitrogens is 1. The van der Waals surface area contributed by atoms with Crippen LogP contribution in [0.5, 0.6) is 0 Å². The van der Waals surface area contributed by atoms with E-state index in [9.17, 15) is 22.4 Å². The summed E-state index contributed by atoms with van der Waals surface area (Å²) in [5, 5.41) is 12.7. The Balaban J connectivity index is 0.000000216. The minimum absolute atomic E-state index is 0.0188. The number of hydrogen-bond acceptors (Lipinski definition) is 2. The summed E-state index contributed by atoms with van der Waals surface area (Å²) in [6.45, 7) is 1.58. The third-order valence-electron chi connectivity index (χ3n) is 8.48. The molecule has 0 radical (unpaired) electrons. The number of carboxylic acid groups (broad SMARTS) is 1. The van der Waals surface area contributed by atoms with Crippen LogP contribution in [0.25, 0.3) is 5.69 Å². The smallest absolute Gasteiger partial charge is 0.399 e. The van der Waals surface area contributed by atoms with Crippen molar-refractivity contribution in [2.24, 2.45) is 0 Å². The second-order valence-corrected chi connectivity index (χ2v) is 11.3. The second-order valence-electron chi connectivity index (χ2n) is 11.3. The zero-order valence-electron chi connectivity index (χ0n) is 22.3. The van der Waals surface area contributed by atoms with Gasteiger partial charge in [-0.05, 0) is 81.2 Å². The lowest BCUT2D eigenvalue weighted by atomic mass is 9.91. The molecule has 1 aromatic heterocycles. The molecule has 1 aromatic carbocycles. The number of alkyl halides is 3. The number of carboxylic acids is 1. The molecule has 0 saturated heterocycles. The minimum Gasteiger partial charge on any atom is -0.481 e. The van der Waals surface area contributed by atoms with E-state index in [0.717, 1.165) is 12.1 Å². The molecule has 2 N–H and O–H groups in total. The van der Waals surface area contributed by atoms with Crippen molar-refractivity contribution < 1.29 is 27.5 Å². The first-order chi connectivity index (χ1) is 18.1. The number of rotatable bonds is 7. The third kappa shape index (κ3) is 6.80. The quantitative estimate of drug-likeness (QED) is 0.355. The number of nitrogens with zero attached hydrogens (tertiary/aromatic N) is 1. The van der Waals surface area contributed by atoms with Gasteiger partial charge in [-0.25, -0.2) is 4.39 Å². The summed E-state index contributed by atoms with van der Waals surface area (Å²) in [5.41, 5.74) is -0.580. The molecule has 3 aliphatic carbocycles. The predicted molar refractivity (Wildman–Crippen MR) is 140 cm³/mol. The molecular weight excluding hydrogens is 496 g/mol. The molecule has 210 valence electrons. The maximum atomic E-state index is 13.7. The van der Waals surface area contributed by atoms with Crippen molar-refractivity contribution in [3.8, 4) is 5.69 Å². The van der Waals surface area contributed by atoms with Crippen LogP contribution < -0.4 is 5.32 Å². The van der Waals surface area contributed by atoms with Crippen molar-refractivity contribution in [3.63, 3.8) is 0 Å². The van der Waals surface area contributed by atoms with Crippen LogP contribution in [0.2, 0.25) is 0 Å². The Kier molecular flexibility index (Phi) is 9.22. The van der Waals surface area contributed by atoms with Crippen molar-refractivity contribution in [1.82, 2.24) is 9.88 Å². The van der Waals surface area contributed by atoms with Crippen molar-refractivity contribution >= 4 is 5.97 Å². The van der Waals surface area contributed by atoms with E-state index in [1.165, 1.54) is 93.2 Å². The van der Waals surface area contributed by atoms with E-state index < -0.39 is 23.4 Å². The molecule has 8 heteroatoms. The van der Waals surface area contributed by atoms with Gasteiger partial charge in [0.2, 0.25) is 0 Å². The molecule has 5 rings (SSSR count). The Morgan fingerprint density at radius 3 is 2.08 bits per heavy atom. The number of nitrogens with one attached hydrogen (secondary N) is 1. The zero-order valence-corrected chi connectivity index (χ0v) is 22.3. The first kappa shape index (κ1) is 28.7. The van der Waals surface area contributed by atoms with Crippen LogP contribution in [-0.2, 0) is 16.6 Å². The van der Waals surface area contributed by atoms with Crippen LogP contribution >= 0.6 is 0 Å². The molecule has 0 unspecified atom stereocenters. The Morgan fingerprint density at radius 2 is 1.61 bits per heavy atom. The molecule has 0 atom stereocenters. The van der Waals surface area contributed by atoms with E-state index in [1.54, 1.807) is 13.0 Å².